The van der Waals surface area contributed by atoms with E-state index in [0.717, 1.165) is 0 Å². The van der Waals surface area contributed by atoms with Gasteiger partial charge in [0.1, 0.15) is 9.75 Å². The molecule has 0 bridgehead atoms. The Bertz CT molecular complexity index is 591. The smallest absolute Gasteiger partial charge is 0.315 e. The van der Waals surface area contributed by atoms with Crippen molar-refractivity contribution >= 4 is 44.9 Å². The minimum atomic E-state index is -3.08. The predicted molar refractivity (Wildman–Crippen MR) is 82.6 cm³/mol. The van der Waals surface area contributed by atoms with E-state index in [1.165, 1.54) is 4.90 Å². The third-order valence-electron chi connectivity index (χ3n) is 4.35. The fraction of sp³-hybridized carbons (Fsp3) is 0.846. The zero-order valence-electron chi connectivity index (χ0n) is 12.5. The summed E-state index contributed by atoms with van der Waals surface area (Å²) in [4.78, 5) is 25.5. The molecule has 2 unspecified atom stereocenters. The predicted octanol–water partition coefficient (Wildman–Crippen LogP) is 1.15. The summed E-state index contributed by atoms with van der Waals surface area (Å²) < 4.78 is 26.9. The second-order valence-corrected chi connectivity index (χ2v) is 9.74. The van der Waals surface area contributed by atoms with E-state index in [4.69, 9.17) is 27.9 Å². The number of amides is 1. The Kier molecular flexibility index (Phi) is 4.73. The Balaban J connectivity index is 1.90. The number of likely N-dealkylation sites (N-methyl/N-ethyl adjacent to an activating group) is 1. The maximum Gasteiger partial charge on any atom is 0.315 e. The van der Waals surface area contributed by atoms with E-state index in [1.807, 2.05) is 0 Å². The van der Waals surface area contributed by atoms with Crippen LogP contribution in [0.3, 0.4) is 0 Å². The lowest BCUT2D eigenvalue weighted by molar-refractivity contribution is -0.156. The number of halogens is 2. The molecule has 1 aliphatic carbocycles. The van der Waals surface area contributed by atoms with Crippen LogP contribution in [0.25, 0.3) is 0 Å². The summed E-state index contributed by atoms with van der Waals surface area (Å²) in [5, 5.41) is 0. The molecular formula is C13H19Cl2NO5S. The van der Waals surface area contributed by atoms with Gasteiger partial charge in [0.25, 0.3) is 5.91 Å². The van der Waals surface area contributed by atoms with E-state index in [-0.39, 0.29) is 24.0 Å². The molecule has 0 aromatic rings. The topological polar surface area (TPSA) is 80.8 Å². The van der Waals surface area contributed by atoms with Crippen LogP contribution in [0.5, 0.6) is 0 Å². The number of ether oxygens (including phenoxy) is 1. The first-order valence-corrected chi connectivity index (χ1v) is 9.65. The van der Waals surface area contributed by atoms with Crippen molar-refractivity contribution in [2.75, 3.05) is 24.7 Å². The van der Waals surface area contributed by atoms with E-state index in [0.29, 0.717) is 13.0 Å². The SMILES string of the molecule is CCN(C(=O)COC(=O)C1(C)CC1(Cl)Cl)C1CCS(=O)(=O)C1. The summed E-state index contributed by atoms with van der Waals surface area (Å²) in [7, 11) is -3.08. The van der Waals surface area contributed by atoms with E-state index < -0.39 is 38.1 Å². The molecule has 9 heteroatoms. The van der Waals surface area contributed by atoms with Crippen LogP contribution < -0.4 is 0 Å². The van der Waals surface area contributed by atoms with Gasteiger partial charge >= 0.3 is 5.97 Å². The zero-order valence-corrected chi connectivity index (χ0v) is 14.8. The number of hydrogen-bond acceptors (Lipinski definition) is 5. The van der Waals surface area contributed by atoms with Gasteiger partial charge in [0.15, 0.2) is 16.4 Å². The number of hydrogen-bond donors (Lipinski definition) is 0. The molecule has 2 fully saturated rings. The molecule has 6 nitrogen and oxygen atoms in total. The van der Waals surface area contributed by atoms with Gasteiger partial charge in [-0.2, -0.15) is 0 Å². The molecule has 0 aromatic carbocycles. The van der Waals surface area contributed by atoms with Crippen LogP contribution in [0.4, 0.5) is 0 Å². The van der Waals surface area contributed by atoms with Crippen LogP contribution in [0.2, 0.25) is 0 Å². The fourth-order valence-corrected chi connectivity index (χ4v) is 5.07. The van der Waals surface area contributed by atoms with Gasteiger partial charge in [0, 0.05) is 19.0 Å². The van der Waals surface area contributed by atoms with Crippen molar-refractivity contribution in [2.24, 2.45) is 5.41 Å². The van der Waals surface area contributed by atoms with Gasteiger partial charge in [-0.3, -0.25) is 9.59 Å². The highest BCUT2D eigenvalue weighted by Crippen LogP contribution is 2.64. The number of carbonyl (C=O) groups excluding carboxylic acids is 2. The molecule has 0 N–H and O–H groups in total. The van der Waals surface area contributed by atoms with Crippen LogP contribution in [-0.2, 0) is 24.2 Å². The quantitative estimate of drug-likeness (QED) is 0.534. The molecule has 1 aliphatic heterocycles. The second-order valence-electron chi connectivity index (χ2n) is 6.03. The summed E-state index contributed by atoms with van der Waals surface area (Å²) >= 11 is 11.8. The molecule has 1 saturated heterocycles. The van der Waals surface area contributed by atoms with Crippen LogP contribution in [0, 0.1) is 5.41 Å². The average molecular weight is 372 g/mol. The highest BCUT2D eigenvalue weighted by molar-refractivity contribution is 7.91. The molecule has 1 amide bonds. The van der Waals surface area contributed by atoms with E-state index in [9.17, 15) is 18.0 Å². The Morgan fingerprint density at radius 1 is 1.36 bits per heavy atom. The number of carbonyl (C=O) groups is 2. The monoisotopic (exact) mass is 371 g/mol. The third-order valence-corrected chi connectivity index (χ3v) is 7.20. The van der Waals surface area contributed by atoms with Crippen LogP contribution in [0.15, 0.2) is 0 Å². The number of rotatable bonds is 5. The molecule has 1 saturated carbocycles. The normalized spacial score (nSPS) is 31.5. The van der Waals surface area contributed by atoms with Crippen molar-refractivity contribution in [3.63, 3.8) is 0 Å². The van der Waals surface area contributed by atoms with Gasteiger partial charge in [-0.1, -0.05) is 0 Å². The van der Waals surface area contributed by atoms with Crippen molar-refractivity contribution < 1.29 is 22.7 Å². The molecule has 2 rings (SSSR count). The summed E-state index contributed by atoms with van der Waals surface area (Å²) in [5.41, 5.74) is -0.982. The number of sulfone groups is 1. The Morgan fingerprint density at radius 2 is 1.95 bits per heavy atom. The van der Waals surface area contributed by atoms with Gasteiger partial charge in [-0.05, 0) is 20.3 Å². The number of nitrogens with zero attached hydrogens (tertiary/aromatic N) is 1. The summed E-state index contributed by atoms with van der Waals surface area (Å²) in [6.07, 6.45) is 0.703. The van der Waals surface area contributed by atoms with Crippen molar-refractivity contribution in [1.29, 1.82) is 0 Å². The van der Waals surface area contributed by atoms with Crippen molar-refractivity contribution in [3.05, 3.63) is 0 Å². The third kappa shape index (κ3) is 3.36. The average Bonchev–Trinajstić information content (AvgIpc) is 2.74. The molecule has 22 heavy (non-hydrogen) atoms. The lowest BCUT2D eigenvalue weighted by Gasteiger charge is -2.26. The fourth-order valence-electron chi connectivity index (χ4n) is 2.65. The molecular weight excluding hydrogens is 353 g/mol. The lowest BCUT2D eigenvalue weighted by atomic mass is 10.1. The van der Waals surface area contributed by atoms with Gasteiger partial charge in [-0.25, -0.2) is 8.42 Å². The van der Waals surface area contributed by atoms with Crippen LogP contribution in [0.1, 0.15) is 26.7 Å². The first-order valence-electron chi connectivity index (χ1n) is 7.07. The van der Waals surface area contributed by atoms with Crippen LogP contribution in [-0.4, -0.2) is 60.2 Å². The minimum absolute atomic E-state index is 0.0370. The van der Waals surface area contributed by atoms with Gasteiger partial charge in [0.05, 0.1) is 11.5 Å². The Labute approximate surface area is 140 Å². The number of alkyl halides is 2. The largest absolute Gasteiger partial charge is 0.455 e. The van der Waals surface area contributed by atoms with Gasteiger partial charge in [-0.15, -0.1) is 23.2 Å². The summed E-state index contributed by atoms with van der Waals surface area (Å²) in [6, 6.07) is -0.349. The standard InChI is InChI=1S/C13H19Cl2NO5S/c1-3-16(9-4-5-22(19,20)7-9)10(17)6-21-11(18)12(2)8-13(12,14)15/h9H,3-8H2,1-2H3. The van der Waals surface area contributed by atoms with Gasteiger partial charge < -0.3 is 9.64 Å². The molecule has 0 spiro atoms. The van der Waals surface area contributed by atoms with E-state index in [1.54, 1.807) is 13.8 Å². The Hall–Kier alpha value is -0.530. The van der Waals surface area contributed by atoms with Gasteiger partial charge in [0.2, 0.25) is 0 Å². The summed E-state index contributed by atoms with van der Waals surface area (Å²) in [6.45, 7) is 3.28. The second kappa shape index (κ2) is 5.83. The molecule has 126 valence electrons. The maximum atomic E-state index is 12.2. The molecule has 2 aliphatic rings. The minimum Gasteiger partial charge on any atom is -0.455 e. The Morgan fingerprint density at radius 3 is 2.36 bits per heavy atom. The zero-order chi connectivity index (χ0) is 16.8. The molecule has 1 heterocycles. The maximum absolute atomic E-state index is 12.2. The first-order chi connectivity index (χ1) is 10.0. The van der Waals surface area contributed by atoms with Crippen molar-refractivity contribution in [3.8, 4) is 0 Å². The lowest BCUT2D eigenvalue weighted by Crippen LogP contribution is -2.43. The van der Waals surface area contributed by atoms with Crippen LogP contribution >= 0.6 is 23.2 Å². The number of esters is 1. The highest BCUT2D eigenvalue weighted by atomic mass is 35.5. The van der Waals surface area contributed by atoms with Crippen molar-refractivity contribution in [1.82, 2.24) is 4.90 Å². The first kappa shape index (κ1) is 17.8. The molecule has 0 radical (unpaired) electrons. The van der Waals surface area contributed by atoms with E-state index >= 15 is 0 Å². The molecule has 2 atom stereocenters. The molecule has 0 aromatic heterocycles. The van der Waals surface area contributed by atoms with E-state index in [2.05, 4.69) is 0 Å². The summed E-state index contributed by atoms with van der Waals surface area (Å²) in [5.74, 6) is -0.969. The highest BCUT2D eigenvalue weighted by Gasteiger charge is 2.69. The van der Waals surface area contributed by atoms with Crippen molar-refractivity contribution in [2.45, 2.75) is 37.1 Å².